The van der Waals surface area contributed by atoms with Crippen LogP contribution in [0, 0.1) is 0 Å². The van der Waals surface area contributed by atoms with Crippen LogP contribution in [0.3, 0.4) is 0 Å². The third kappa shape index (κ3) is 2.22. The van der Waals surface area contributed by atoms with Crippen LogP contribution in [0.25, 0.3) is 11.0 Å². The number of hydrogen-bond acceptors (Lipinski definition) is 3. The smallest absolute Gasteiger partial charge is 0.266 e. The molecule has 0 aliphatic carbocycles. The first-order valence-corrected chi connectivity index (χ1v) is 6.91. The molecule has 0 unspecified atom stereocenters. The Kier molecular flexibility index (Phi) is 3.08. The van der Waals surface area contributed by atoms with Gasteiger partial charge in [0.1, 0.15) is 5.52 Å². The number of alkyl halides is 2. The molecule has 3 heterocycles. The number of fused-ring (bicyclic) bond motifs is 1. The van der Waals surface area contributed by atoms with Crippen molar-refractivity contribution in [1.82, 2.24) is 14.5 Å². The number of anilines is 1. The van der Waals surface area contributed by atoms with Crippen molar-refractivity contribution in [1.29, 1.82) is 0 Å². The van der Waals surface area contributed by atoms with E-state index in [0.29, 0.717) is 17.7 Å². The second-order valence-electron chi connectivity index (χ2n) is 5.42. The van der Waals surface area contributed by atoms with Gasteiger partial charge in [-0.05, 0) is 25.4 Å². The topological polar surface area (TPSA) is 34.0 Å². The number of rotatable bonds is 2. The molecular weight excluding hydrogens is 286 g/mol. The molecule has 0 amide bonds. The van der Waals surface area contributed by atoms with Gasteiger partial charge in [0.2, 0.25) is 5.28 Å². The van der Waals surface area contributed by atoms with Gasteiger partial charge in [-0.3, -0.25) is 0 Å². The van der Waals surface area contributed by atoms with Gasteiger partial charge in [0.05, 0.1) is 23.9 Å². The summed E-state index contributed by atoms with van der Waals surface area (Å²) in [7, 11) is 0. The van der Waals surface area contributed by atoms with E-state index in [4.69, 9.17) is 11.6 Å². The minimum Gasteiger partial charge on any atom is -0.362 e. The van der Waals surface area contributed by atoms with Crippen molar-refractivity contribution < 1.29 is 8.78 Å². The van der Waals surface area contributed by atoms with Crippen molar-refractivity contribution >= 4 is 28.3 Å². The van der Waals surface area contributed by atoms with Gasteiger partial charge in [-0.2, -0.15) is 0 Å². The molecule has 0 aromatic carbocycles. The summed E-state index contributed by atoms with van der Waals surface area (Å²) in [5.41, 5.74) is 2.15. The molecule has 1 aliphatic rings. The molecule has 0 spiro atoms. The highest BCUT2D eigenvalue weighted by Gasteiger charge is 2.39. The zero-order chi connectivity index (χ0) is 14.5. The SMILES string of the molecule is CC(C)n1cc(N2CCC(F)(F)C2)c2nc(Cl)ncc21. The van der Waals surface area contributed by atoms with E-state index in [-0.39, 0.29) is 24.3 Å². The predicted molar refractivity (Wildman–Crippen MR) is 74.7 cm³/mol. The quantitative estimate of drug-likeness (QED) is 0.796. The summed E-state index contributed by atoms with van der Waals surface area (Å²) in [6.45, 7) is 4.10. The zero-order valence-corrected chi connectivity index (χ0v) is 12.0. The first-order chi connectivity index (χ1) is 9.37. The average molecular weight is 301 g/mol. The van der Waals surface area contributed by atoms with Gasteiger partial charge in [0.25, 0.3) is 5.92 Å². The third-order valence-corrected chi connectivity index (χ3v) is 3.77. The summed E-state index contributed by atoms with van der Waals surface area (Å²) in [5.74, 6) is -2.64. The summed E-state index contributed by atoms with van der Waals surface area (Å²) in [6, 6.07) is 0.194. The van der Waals surface area contributed by atoms with Crippen LogP contribution in [0.15, 0.2) is 12.4 Å². The van der Waals surface area contributed by atoms with E-state index in [1.54, 1.807) is 11.1 Å². The Hall–Kier alpha value is -1.43. The molecule has 108 valence electrons. The molecular formula is C13H15ClF2N4. The summed E-state index contributed by atoms with van der Waals surface area (Å²) in [4.78, 5) is 9.87. The molecule has 0 saturated carbocycles. The van der Waals surface area contributed by atoms with Gasteiger partial charge in [0, 0.05) is 25.2 Å². The minimum atomic E-state index is -2.64. The summed E-state index contributed by atoms with van der Waals surface area (Å²) >= 11 is 5.84. The minimum absolute atomic E-state index is 0.125. The van der Waals surface area contributed by atoms with E-state index < -0.39 is 5.92 Å². The molecule has 3 rings (SSSR count). The first-order valence-electron chi connectivity index (χ1n) is 6.53. The fourth-order valence-corrected chi connectivity index (χ4v) is 2.73. The highest BCUT2D eigenvalue weighted by Crippen LogP contribution is 2.36. The van der Waals surface area contributed by atoms with Crippen LogP contribution >= 0.6 is 11.6 Å². The van der Waals surface area contributed by atoms with E-state index in [2.05, 4.69) is 9.97 Å². The van der Waals surface area contributed by atoms with Crippen molar-refractivity contribution in [2.24, 2.45) is 0 Å². The Morgan fingerprint density at radius 3 is 2.75 bits per heavy atom. The molecule has 4 nitrogen and oxygen atoms in total. The van der Waals surface area contributed by atoms with E-state index in [1.807, 2.05) is 24.6 Å². The number of hydrogen-bond donors (Lipinski definition) is 0. The van der Waals surface area contributed by atoms with Crippen LogP contribution in [0.2, 0.25) is 5.28 Å². The van der Waals surface area contributed by atoms with Crippen LogP contribution in [0.4, 0.5) is 14.5 Å². The largest absolute Gasteiger partial charge is 0.362 e. The summed E-state index contributed by atoms with van der Waals surface area (Å²) in [6.07, 6.45) is 3.38. The lowest BCUT2D eigenvalue weighted by Gasteiger charge is -2.16. The van der Waals surface area contributed by atoms with Gasteiger partial charge in [-0.25, -0.2) is 18.7 Å². The van der Waals surface area contributed by atoms with Gasteiger partial charge in [-0.15, -0.1) is 0 Å². The molecule has 0 atom stereocenters. The van der Waals surface area contributed by atoms with E-state index in [9.17, 15) is 8.78 Å². The van der Waals surface area contributed by atoms with E-state index in [0.717, 1.165) is 5.52 Å². The molecule has 2 aromatic rings. The lowest BCUT2D eigenvalue weighted by atomic mass is 10.3. The Balaban J connectivity index is 2.13. The van der Waals surface area contributed by atoms with Crippen molar-refractivity contribution in [2.45, 2.75) is 32.2 Å². The lowest BCUT2D eigenvalue weighted by molar-refractivity contribution is 0.0257. The molecule has 1 fully saturated rings. The third-order valence-electron chi connectivity index (χ3n) is 3.59. The normalized spacial score (nSPS) is 18.4. The maximum Gasteiger partial charge on any atom is 0.266 e. The molecule has 20 heavy (non-hydrogen) atoms. The monoisotopic (exact) mass is 300 g/mol. The fourth-order valence-electron chi connectivity index (χ4n) is 2.59. The van der Waals surface area contributed by atoms with Crippen molar-refractivity contribution in [3.63, 3.8) is 0 Å². The van der Waals surface area contributed by atoms with Gasteiger partial charge >= 0.3 is 0 Å². The Morgan fingerprint density at radius 2 is 2.15 bits per heavy atom. The van der Waals surface area contributed by atoms with E-state index in [1.165, 1.54) is 0 Å². The van der Waals surface area contributed by atoms with Gasteiger partial charge < -0.3 is 9.47 Å². The molecule has 1 saturated heterocycles. The Bertz CT molecular complexity index is 653. The molecule has 0 radical (unpaired) electrons. The zero-order valence-electron chi connectivity index (χ0n) is 11.3. The Labute approximate surface area is 120 Å². The summed E-state index contributed by atoms with van der Waals surface area (Å²) in [5, 5.41) is 0.131. The fraction of sp³-hybridized carbons (Fsp3) is 0.538. The highest BCUT2D eigenvalue weighted by atomic mass is 35.5. The molecule has 0 N–H and O–H groups in total. The van der Waals surface area contributed by atoms with Gasteiger partial charge in [0.15, 0.2) is 0 Å². The molecule has 0 bridgehead atoms. The van der Waals surface area contributed by atoms with Crippen molar-refractivity contribution in [2.75, 3.05) is 18.0 Å². The maximum atomic E-state index is 13.4. The predicted octanol–water partition coefficient (Wildman–Crippen LogP) is 3.51. The second kappa shape index (κ2) is 4.55. The number of nitrogens with zero attached hydrogens (tertiary/aromatic N) is 4. The van der Waals surface area contributed by atoms with Gasteiger partial charge in [-0.1, -0.05) is 0 Å². The standard InChI is InChI=1S/C13H15ClF2N4/c1-8(2)20-6-10(19-4-3-13(15,16)7-19)11-9(20)5-17-12(14)18-11/h5-6,8H,3-4,7H2,1-2H3. The van der Waals surface area contributed by atoms with Crippen LogP contribution < -0.4 is 4.90 Å². The summed E-state index contributed by atoms with van der Waals surface area (Å²) < 4.78 is 28.8. The number of halogens is 3. The highest BCUT2D eigenvalue weighted by molar-refractivity contribution is 6.28. The lowest BCUT2D eigenvalue weighted by Crippen LogP contribution is -2.24. The van der Waals surface area contributed by atoms with Crippen LogP contribution in [-0.2, 0) is 0 Å². The molecule has 7 heteroatoms. The van der Waals surface area contributed by atoms with Crippen LogP contribution in [0.1, 0.15) is 26.3 Å². The molecule has 2 aromatic heterocycles. The number of aromatic nitrogens is 3. The maximum absolute atomic E-state index is 13.4. The Morgan fingerprint density at radius 1 is 1.40 bits per heavy atom. The van der Waals surface area contributed by atoms with Crippen molar-refractivity contribution in [3.05, 3.63) is 17.7 Å². The van der Waals surface area contributed by atoms with Crippen LogP contribution in [-0.4, -0.2) is 33.5 Å². The van der Waals surface area contributed by atoms with E-state index >= 15 is 0 Å². The second-order valence-corrected chi connectivity index (χ2v) is 5.75. The molecule has 1 aliphatic heterocycles. The average Bonchev–Trinajstić information content (AvgIpc) is 2.89. The van der Waals surface area contributed by atoms with Crippen molar-refractivity contribution in [3.8, 4) is 0 Å². The van der Waals surface area contributed by atoms with Crippen LogP contribution in [0.5, 0.6) is 0 Å². The first kappa shape index (κ1) is 13.5.